The molecule has 6 nitrogen and oxygen atoms in total. The zero-order valence-corrected chi connectivity index (χ0v) is 13.1. The van der Waals surface area contributed by atoms with E-state index in [2.05, 4.69) is 9.71 Å². The van der Waals surface area contributed by atoms with Gasteiger partial charge in [-0.05, 0) is 25.3 Å². The van der Waals surface area contributed by atoms with Gasteiger partial charge >= 0.3 is 5.97 Å². The normalized spacial score (nSPS) is 12.5. The van der Waals surface area contributed by atoms with Crippen molar-refractivity contribution in [3.8, 4) is 0 Å². The number of hydrogen-bond acceptors (Lipinski definition) is 6. The quantitative estimate of drug-likeness (QED) is 0.874. The maximum atomic E-state index is 12.3. The van der Waals surface area contributed by atoms with Crippen LogP contribution in [-0.2, 0) is 15.6 Å². The van der Waals surface area contributed by atoms with Crippen LogP contribution < -0.4 is 4.72 Å². The number of aromatic carboxylic acids is 1. The minimum atomic E-state index is -3.93. The number of sulfonamides is 1. The molecule has 2 heterocycles. The van der Waals surface area contributed by atoms with Crippen molar-refractivity contribution < 1.29 is 18.3 Å². The summed E-state index contributed by atoms with van der Waals surface area (Å²) in [6, 6.07) is 1.29. The van der Waals surface area contributed by atoms with Crippen molar-refractivity contribution in [1.29, 1.82) is 0 Å². The highest BCUT2D eigenvalue weighted by Crippen LogP contribution is 2.27. The van der Waals surface area contributed by atoms with Crippen molar-refractivity contribution >= 4 is 38.7 Å². The highest BCUT2D eigenvalue weighted by Gasteiger charge is 2.32. The van der Waals surface area contributed by atoms with Crippen molar-refractivity contribution in [2.75, 3.05) is 0 Å². The molecule has 0 aliphatic heterocycles. The van der Waals surface area contributed by atoms with Gasteiger partial charge in [0.25, 0.3) is 0 Å². The summed E-state index contributed by atoms with van der Waals surface area (Å²) in [5.41, 5.74) is -0.912. The summed E-state index contributed by atoms with van der Waals surface area (Å²) in [5, 5.41) is 12.8. The maximum absolute atomic E-state index is 12.3. The van der Waals surface area contributed by atoms with Crippen LogP contribution in [0.1, 0.15) is 28.5 Å². The number of nitrogens with one attached hydrogen (secondary N) is 1. The smallest absolute Gasteiger partial charge is 0.347 e. The molecule has 0 saturated heterocycles. The number of carbonyl (C=O) groups is 1. The van der Waals surface area contributed by atoms with Gasteiger partial charge in [-0.2, -0.15) is 4.72 Å². The number of hydrogen-bond donors (Lipinski definition) is 2. The summed E-state index contributed by atoms with van der Waals surface area (Å²) < 4.78 is 27.2. The molecule has 0 amide bonds. The molecule has 0 spiro atoms. The SMILES string of the molecule is CC(C)(NS(=O)(=O)c1ccsc1C(=O)O)c1nccs1. The molecular weight excluding hydrogens is 320 g/mol. The van der Waals surface area contributed by atoms with Crippen LogP contribution in [0, 0.1) is 0 Å². The van der Waals surface area contributed by atoms with Crippen LogP contribution in [0.2, 0.25) is 0 Å². The monoisotopic (exact) mass is 332 g/mol. The Morgan fingerprint density at radius 1 is 1.35 bits per heavy atom. The molecule has 0 radical (unpaired) electrons. The number of carboxylic acids is 1. The van der Waals surface area contributed by atoms with Gasteiger partial charge < -0.3 is 5.11 Å². The first-order chi connectivity index (χ1) is 9.24. The number of thiazole rings is 1. The van der Waals surface area contributed by atoms with Crippen LogP contribution in [-0.4, -0.2) is 24.5 Å². The highest BCUT2D eigenvalue weighted by molar-refractivity contribution is 7.89. The third kappa shape index (κ3) is 2.90. The molecule has 0 aliphatic rings. The predicted molar refractivity (Wildman–Crippen MR) is 76.7 cm³/mol. The summed E-state index contributed by atoms with van der Waals surface area (Å²) in [6.45, 7) is 3.35. The molecule has 0 atom stereocenters. The van der Waals surface area contributed by atoms with Crippen LogP contribution in [0.4, 0.5) is 0 Å². The van der Waals surface area contributed by atoms with Gasteiger partial charge in [-0.25, -0.2) is 18.2 Å². The Balaban J connectivity index is 2.37. The number of nitrogens with zero attached hydrogens (tertiary/aromatic N) is 1. The van der Waals surface area contributed by atoms with E-state index in [0.717, 1.165) is 11.3 Å². The molecule has 108 valence electrons. The second kappa shape index (κ2) is 5.24. The minimum absolute atomic E-state index is 0.201. The molecule has 0 aliphatic carbocycles. The third-order valence-corrected chi connectivity index (χ3v) is 6.30. The second-order valence-electron chi connectivity index (χ2n) is 4.49. The van der Waals surface area contributed by atoms with Gasteiger partial charge in [0.2, 0.25) is 10.0 Å². The van der Waals surface area contributed by atoms with Crippen molar-refractivity contribution in [1.82, 2.24) is 9.71 Å². The molecule has 2 N–H and O–H groups in total. The Labute approximate surface area is 124 Å². The molecule has 2 rings (SSSR count). The van der Waals surface area contributed by atoms with Gasteiger partial charge in [-0.15, -0.1) is 22.7 Å². The van der Waals surface area contributed by atoms with Crippen LogP contribution in [0.25, 0.3) is 0 Å². The topological polar surface area (TPSA) is 96.4 Å². The summed E-state index contributed by atoms with van der Waals surface area (Å²) >= 11 is 2.20. The van der Waals surface area contributed by atoms with Crippen molar-refractivity contribution in [2.24, 2.45) is 0 Å². The standard InChI is InChI=1S/C11H12N2O4S3/c1-11(2,10-12-4-6-19-10)13-20(16,17)7-3-5-18-8(7)9(14)15/h3-6,13H,1-2H3,(H,14,15). The van der Waals surface area contributed by atoms with E-state index in [9.17, 15) is 13.2 Å². The molecule has 0 fully saturated rings. The van der Waals surface area contributed by atoms with E-state index >= 15 is 0 Å². The second-order valence-corrected chi connectivity index (χ2v) is 7.95. The molecule has 9 heteroatoms. The molecule has 0 bridgehead atoms. The number of aromatic nitrogens is 1. The molecular formula is C11H12N2O4S3. The Kier molecular flexibility index (Phi) is 3.96. The van der Waals surface area contributed by atoms with Crippen molar-refractivity contribution in [3.63, 3.8) is 0 Å². The van der Waals surface area contributed by atoms with E-state index in [4.69, 9.17) is 5.11 Å². The summed E-state index contributed by atoms with van der Waals surface area (Å²) in [4.78, 5) is 14.7. The third-order valence-electron chi connectivity index (χ3n) is 2.47. The fourth-order valence-electron chi connectivity index (χ4n) is 1.63. The van der Waals surface area contributed by atoms with Gasteiger partial charge in [0.05, 0.1) is 5.54 Å². The van der Waals surface area contributed by atoms with Crippen molar-refractivity contribution in [2.45, 2.75) is 24.3 Å². The Bertz CT molecular complexity index is 717. The van der Waals surface area contributed by atoms with E-state index in [-0.39, 0.29) is 9.77 Å². The first-order valence-electron chi connectivity index (χ1n) is 5.49. The minimum Gasteiger partial charge on any atom is -0.477 e. The Morgan fingerprint density at radius 2 is 2.05 bits per heavy atom. The van der Waals surface area contributed by atoms with Gasteiger partial charge in [-0.1, -0.05) is 0 Å². The van der Waals surface area contributed by atoms with Crippen LogP contribution >= 0.6 is 22.7 Å². The molecule has 0 saturated carbocycles. The van der Waals surface area contributed by atoms with E-state index in [1.165, 1.54) is 22.8 Å². The lowest BCUT2D eigenvalue weighted by Gasteiger charge is -2.23. The summed E-state index contributed by atoms with van der Waals surface area (Å²) in [7, 11) is -3.93. The van der Waals surface area contributed by atoms with E-state index in [1.807, 2.05) is 0 Å². The molecule has 2 aromatic rings. The summed E-state index contributed by atoms with van der Waals surface area (Å²) in [5.74, 6) is -1.26. The lowest BCUT2D eigenvalue weighted by Crippen LogP contribution is -2.41. The van der Waals surface area contributed by atoms with Gasteiger partial charge in [0.1, 0.15) is 14.8 Å². The van der Waals surface area contributed by atoms with Gasteiger partial charge in [0.15, 0.2) is 0 Å². The van der Waals surface area contributed by atoms with Crippen LogP contribution in [0.3, 0.4) is 0 Å². The predicted octanol–water partition coefficient (Wildman–Crippen LogP) is 2.12. The van der Waals surface area contributed by atoms with E-state index in [1.54, 1.807) is 25.4 Å². The van der Waals surface area contributed by atoms with Crippen molar-refractivity contribution in [3.05, 3.63) is 32.9 Å². The largest absolute Gasteiger partial charge is 0.477 e. The molecule has 2 aromatic heterocycles. The lowest BCUT2D eigenvalue weighted by atomic mass is 10.1. The first kappa shape index (κ1) is 15.1. The zero-order chi connectivity index (χ0) is 15.0. The Morgan fingerprint density at radius 3 is 2.60 bits per heavy atom. The number of thiophene rings is 1. The van der Waals surface area contributed by atoms with E-state index in [0.29, 0.717) is 5.01 Å². The fourth-order valence-corrected chi connectivity index (χ4v) is 5.06. The molecule has 0 unspecified atom stereocenters. The zero-order valence-electron chi connectivity index (χ0n) is 10.7. The fraction of sp³-hybridized carbons (Fsp3) is 0.273. The number of rotatable bonds is 5. The van der Waals surface area contributed by atoms with Crippen LogP contribution in [0.15, 0.2) is 27.9 Å². The van der Waals surface area contributed by atoms with Gasteiger partial charge in [0, 0.05) is 11.6 Å². The Hall–Kier alpha value is -1.29. The van der Waals surface area contributed by atoms with Gasteiger partial charge in [-0.3, -0.25) is 0 Å². The lowest BCUT2D eigenvalue weighted by molar-refractivity contribution is 0.0698. The van der Waals surface area contributed by atoms with E-state index < -0.39 is 21.5 Å². The molecule has 0 aromatic carbocycles. The average molecular weight is 332 g/mol. The number of carboxylic acid groups (broad SMARTS) is 1. The average Bonchev–Trinajstić information content (AvgIpc) is 3.00. The highest BCUT2D eigenvalue weighted by atomic mass is 32.2. The first-order valence-corrected chi connectivity index (χ1v) is 8.73. The molecule has 20 heavy (non-hydrogen) atoms. The van der Waals surface area contributed by atoms with Crippen LogP contribution in [0.5, 0.6) is 0 Å². The summed E-state index contributed by atoms with van der Waals surface area (Å²) in [6.07, 6.45) is 1.59. The maximum Gasteiger partial charge on any atom is 0.347 e.